The van der Waals surface area contributed by atoms with Gasteiger partial charge in [-0.3, -0.25) is 0 Å². The molecule has 0 N–H and O–H groups in total. The first-order valence-electron chi connectivity index (χ1n) is 11.2. The Hall–Kier alpha value is -3.01. The van der Waals surface area contributed by atoms with Gasteiger partial charge in [-0.1, -0.05) is 0 Å². The molecular weight excluding hydrogens is 431 g/mol. The lowest BCUT2D eigenvalue weighted by atomic mass is 9.60. The van der Waals surface area contributed by atoms with E-state index in [2.05, 4.69) is 32.2 Å². The first-order valence-corrected chi connectivity index (χ1v) is 11.2. The van der Waals surface area contributed by atoms with Crippen LogP contribution >= 0.6 is 0 Å². The molecule has 1 aliphatic heterocycles. The summed E-state index contributed by atoms with van der Waals surface area (Å²) >= 11 is 0. The smallest absolute Gasteiger partial charge is 0.267 e. The van der Waals surface area contributed by atoms with Gasteiger partial charge in [-0.25, -0.2) is 22.7 Å². The van der Waals surface area contributed by atoms with E-state index in [1.54, 1.807) is 24.0 Å². The molecule has 1 aromatic carbocycles. The minimum atomic E-state index is -2.73. The molecule has 1 aliphatic carbocycles. The number of aryl methyl sites for hydroxylation is 1. The lowest BCUT2D eigenvalue weighted by Gasteiger charge is -2.51. The Kier molecular flexibility index (Phi) is 4.52. The zero-order valence-electron chi connectivity index (χ0n) is 18.5. The zero-order chi connectivity index (χ0) is 22.9. The molecule has 0 amide bonds. The van der Waals surface area contributed by atoms with E-state index in [9.17, 15) is 13.2 Å². The van der Waals surface area contributed by atoms with Gasteiger partial charge in [0.1, 0.15) is 11.0 Å². The predicted molar refractivity (Wildman–Crippen MR) is 117 cm³/mol. The van der Waals surface area contributed by atoms with Crippen LogP contribution in [0.1, 0.15) is 49.4 Å². The van der Waals surface area contributed by atoms with Crippen molar-refractivity contribution in [1.82, 2.24) is 34.5 Å². The number of nitrogens with zero attached hydrogens (tertiary/aromatic N) is 7. The molecular formula is C23H24F3N7. The molecule has 3 aromatic heterocycles. The summed E-state index contributed by atoms with van der Waals surface area (Å²) in [6, 6.07) is 4.39. The highest BCUT2D eigenvalue weighted by Crippen LogP contribution is 2.54. The Bertz CT molecular complexity index is 1360. The van der Waals surface area contributed by atoms with E-state index >= 15 is 0 Å². The second-order valence-electron chi connectivity index (χ2n) is 9.65. The summed E-state index contributed by atoms with van der Waals surface area (Å²) in [5.74, 6) is -0.538. The Balaban J connectivity index is 1.34. The van der Waals surface area contributed by atoms with Crippen LogP contribution in [0.4, 0.5) is 13.2 Å². The molecule has 2 fully saturated rings. The van der Waals surface area contributed by atoms with Gasteiger partial charge in [-0.2, -0.15) is 15.0 Å². The van der Waals surface area contributed by atoms with Crippen LogP contribution in [0.2, 0.25) is 0 Å². The molecule has 0 radical (unpaired) electrons. The predicted octanol–water partition coefficient (Wildman–Crippen LogP) is 4.57. The fourth-order valence-electron chi connectivity index (χ4n) is 5.33. The highest BCUT2D eigenvalue weighted by molar-refractivity contribution is 5.81. The maximum atomic E-state index is 15.0. The molecule has 0 atom stereocenters. The van der Waals surface area contributed by atoms with Crippen LogP contribution in [-0.4, -0.2) is 54.6 Å². The van der Waals surface area contributed by atoms with Gasteiger partial charge in [-0.15, -0.1) is 5.10 Å². The van der Waals surface area contributed by atoms with Gasteiger partial charge in [-0.05, 0) is 76.4 Å². The molecule has 4 heterocycles. The van der Waals surface area contributed by atoms with Crippen molar-refractivity contribution in [3.8, 4) is 11.3 Å². The highest BCUT2D eigenvalue weighted by Gasteiger charge is 2.47. The summed E-state index contributed by atoms with van der Waals surface area (Å²) in [5.41, 5.74) is 2.00. The van der Waals surface area contributed by atoms with Gasteiger partial charge < -0.3 is 4.90 Å². The minimum Gasteiger partial charge on any atom is -0.306 e. The summed E-state index contributed by atoms with van der Waals surface area (Å²) in [7, 11) is 2.15. The molecule has 10 heteroatoms. The Morgan fingerprint density at radius 2 is 1.82 bits per heavy atom. The molecule has 0 unspecified atom stereocenters. The highest BCUT2D eigenvalue weighted by atomic mass is 19.3. The van der Waals surface area contributed by atoms with Crippen molar-refractivity contribution in [3.05, 3.63) is 41.5 Å². The first-order chi connectivity index (χ1) is 15.8. The van der Waals surface area contributed by atoms with Crippen molar-refractivity contribution < 1.29 is 13.2 Å². The van der Waals surface area contributed by atoms with Gasteiger partial charge >= 0.3 is 0 Å². The van der Waals surface area contributed by atoms with Gasteiger partial charge in [0, 0.05) is 5.56 Å². The third kappa shape index (κ3) is 3.38. The summed E-state index contributed by atoms with van der Waals surface area (Å²) in [5, 5.41) is 13.4. The number of benzene rings is 1. The minimum absolute atomic E-state index is 0.103. The lowest BCUT2D eigenvalue weighted by molar-refractivity contribution is -0.00993. The Morgan fingerprint density at radius 1 is 1.06 bits per heavy atom. The molecule has 1 spiro atoms. The van der Waals surface area contributed by atoms with Crippen LogP contribution in [0.3, 0.4) is 0 Å². The van der Waals surface area contributed by atoms with E-state index in [4.69, 9.17) is 0 Å². The fraction of sp³-hybridized carbons (Fsp3) is 0.478. The van der Waals surface area contributed by atoms with Gasteiger partial charge in [0.15, 0.2) is 11.5 Å². The van der Waals surface area contributed by atoms with Crippen LogP contribution in [0, 0.1) is 18.2 Å². The number of fused-ring (bicyclic) bond motifs is 2. The van der Waals surface area contributed by atoms with Crippen molar-refractivity contribution in [2.24, 2.45) is 5.41 Å². The third-order valence-electron chi connectivity index (χ3n) is 7.27. The Morgan fingerprint density at radius 3 is 2.55 bits per heavy atom. The molecule has 4 aromatic rings. The van der Waals surface area contributed by atoms with Crippen LogP contribution in [0.15, 0.2) is 24.4 Å². The number of imidazole rings is 1. The maximum absolute atomic E-state index is 15.0. The molecule has 7 nitrogen and oxygen atoms in total. The van der Waals surface area contributed by atoms with E-state index < -0.39 is 12.2 Å². The molecule has 0 bridgehead atoms. The van der Waals surface area contributed by atoms with E-state index in [0.29, 0.717) is 22.2 Å². The average Bonchev–Trinajstić information content (AvgIpc) is 3.34. The molecule has 33 heavy (non-hydrogen) atoms. The second kappa shape index (κ2) is 7.24. The van der Waals surface area contributed by atoms with Gasteiger partial charge in [0.25, 0.3) is 6.43 Å². The van der Waals surface area contributed by atoms with E-state index in [1.165, 1.54) is 29.5 Å². The number of likely N-dealkylation sites (tertiary alicyclic amines) is 1. The average molecular weight is 455 g/mol. The van der Waals surface area contributed by atoms with Crippen LogP contribution < -0.4 is 0 Å². The summed E-state index contributed by atoms with van der Waals surface area (Å²) < 4.78 is 43.6. The van der Waals surface area contributed by atoms with Gasteiger partial charge in [0.2, 0.25) is 0 Å². The van der Waals surface area contributed by atoms with Crippen LogP contribution in [-0.2, 0) is 0 Å². The first kappa shape index (κ1) is 20.6. The number of halogens is 3. The van der Waals surface area contributed by atoms with E-state index in [1.807, 2.05) is 0 Å². The quantitative estimate of drug-likeness (QED) is 0.453. The molecule has 6 rings (SSSR count). The van der Waals surface area contributed by atoms with E-state index in [0.717, 1.165) is 25.9 Å². The second-order valence-corrected chi connectivity index (χ2v) is 9.65. The van der Waals surface area contributed by atoms with Crippen molar-refractivity contribution in [1.29, 1.82) is 0 Å². The topological polar surface area (TPSA) is 64.1 Å². The number of rotatable bonds is 3. The zero-order valence-corrected chi connectivity index (χ0v) is 18.5. The SMILES string of the molecule is Cc1cn2nc(-c3cc(F)c4nn(C5CC6(CCN(C)CC6)C5)nc4c3)cc(C(F)F)c2n1. The van der Waals surface area contributed by atoms with Gasteiger partial charge in [0.05, 0.1) is 29.2 Å². The normalized spacial score (nSPS) is 19.2. The van der Waals surface area contributed by atoms with Crippen molar-refractivity contribution in [2.75, 3.05) is 20.1 Å². The third-order valence-corrected chi connectivity index (χ3v) is 7.27. The molecule has 1 saturated heterocycles. The van der Waals surface area contributed by atoms with Crippen molar-refractivity contribution in [3.63, 3.8) is 0 Å². The maximum Gasteiger partial charge on any atom is 0.267 e. The van der Waals surface area contributed by atoms with Crippen molar-refractivity contribution >= 4 is 16.7 Å². The number of piperidine rings is 1. The van der Waals surface area contributed by atoms with E-state index in [-0.39, 0.29) is 28.5 Å². The number of aromatic nitrogens is 6. The molecule has 2 aliphatic rings. The van der Waals surface area contributed by atoms with Crippen molar-refractivity contribution in [2.45, 2.75) is 45.1 Å². The molecule has 172 valence electrons. The summed E-state index contributed by atoms with van der Waals surface area (Å²) in [6.07, 6.45) is 3.21. The standard InChI is InChI=1S/C23H24F3N7/c1-13-12-32-22(27-13)16(21(25)26)9-18(28-32)14-7-17(24)20-19(8-14)29-33(30-20)15-10-23(11-15)3-5-31(2)6-4-23/h7-9,12,15,21H,3-6,10-11H2,1-2H3. The largest absolute Gasteiger partial charge is 0.306 e. The lowest BCUT2D eigenvalue weighted by Crippen LogP contribution is -2.46. The monoisotopic (exact) mass is 455 g/mol. The fourth-order valence-corrected chi connectivity index (χ4v) is 5.33. The van der Waals surface area contributed by atoms with Crippen LogP contribution in [0.5, 0.6) is 0 Å². The number of hydrogen-bond donors (Lipinski definition) is 0. The van der Waals surface area contributed by atoms with Crippen LogP contribution in [0.25, 0.3) is 27.9 Å². The Labute approximate surface area is 188 Å². The summed E-state index contributed by atoms with van der Waals surface area (Å²) in [4.78, 5) is 8.13. The number of alkyl halides is 2. The number of hydrogen-bond acceptors (Lipinski definition) is 5. The summed E-state index contributed by atoms with van der Waals surface area (Å²) in [6.45, 7) is 3.92. The molecule has 1 saturated carbocycles.